The second-order valence-corrected chi connectivity index (χ2v) is 6.57. The molecule has 0 radical (unpaired) electrons. The van der Waals surface area contributed by atoms with Gasteiger partial charge in [-0.05, 0) is 35.4 Å². The lowest BCUT2D eigenvalue weighted by Gasteiger charge is -2.25. The van der Waals surface area contributed by atoms with Crippen molar-refractivity contribution in [1.29, 1.82) is 0 Å². The number of rotatable bonds is 6. The molecule has 0 saturated carbocycles. The molecule has 0 bridgehead atoms. The summed E-state index contributed by atoms with van der Waals surface area (Å²) in [5, 5.41) is 10.5. The lowest BCUT2D eigenvalue weighted by atomic mass is 9.96. The highest BCUT2D eigenvalue weighted by Crippen LogP contribution is 2.38. The van der Waals surface area contributed by atoms with E-state index in [1.807, 2.05) is 30.3 Å². The Balaban J connectivity index is 1.70. The highest BCUT2D eigenvalue weighted by atomic mass is 16.3. The molecule has 29 heavy (non-hydrogen) atoms. The number of carbonyl (C=O) groups is 2. The Morgan fingerprint density at radius 1 is 1.14 bits per heavy atom. The molecule has 6 heteroatoms. The van der Waals surface area contributed by atoms with E-state index in [-0.39, 0.29) is 12.1 Å². The monoisotopic (exact) mass is 386 g/mol. The van der Waals surface area contributed by atoms with E-state index in [1.54, 1.807) is 42.7 Å². The normalized spacial score (nSPS) is 16.8. The van der Waals surface area contributed by atoms with Gasteiger partial charge in [0, 0.05) is 12.4 Å². The lowest BCUT2D eigenvalue weighted by Crippen LogP contribution is -2.30. The van der Waals surface area contributed by atoms with Gasteiger partial charge in [0.25, 0.3) is 5.91 Å². The molecule has 1 aromatic carbocycles. The Morgan fingerprint density at radius 2 is 1.97 bits per heavy atom. The van der Waals surface area contributed by atoms with Gasteiger partial charge in [0.15, 0.2) is 11.5 Å². The number of aromatic nitrogens is 1. The van der Waals surface area contributed by atoms with Crippen LogP contribution in [0.1, 0.15) is 22.9 Å². The SMILES string of the molecule is O=C(C=Cc1ccccc1)C1=C(O)C(=O)N(Cc2ccco2)C1c1cccnc1. The zero-order valence-corrected chi connectivity index (χ0v) is 15.4. The molecule has 2 aromatic heterocycles. The number of hydrogen-bond donors (Lipinski definition) is 1. The maximum Gasteiger partial charge on any atom is 0.290 e. The van der Waals surface area contributed by atoms with Crippen LogP contribution in [0.4, 0.5) is 0 Å². The molecule has 4 rings (SSSR count). The number of benzene rings is 1. The zero-order chi connectivity index (χ0) is 20.2. The van der Waals surface area contributed by atoms with E-state index in [0.717, 1.165) is 5.56 Å². The number of hydrogen-bond acceptors (Lipinski definition) is 5. The van der Waals surface area contributed by atoms with Gasteiger partial charge in [-0.1, -0.05) is 42.5 Å². The number of nitrogens with zero attached hydrogens (tertiary/aromatic N) is 2. The number of amides is 1. The van der Waals surface area contributed by atoms with Crippen LogP contribution in [0.15, 0.2) is 95.1 Å². The molecular formula is C23H18N2O4. The largest absolute Gasteiger partial charge is 0.503 e. The topological polar surface area (TPSA) is 83.6 Å². The second kappa shape index (κ2) is 7.98. The summed E-state index contributed by atoms with van der Waals surface area (Å²) in [6.45, 7) is 0.120. The molecule has 1 aliphatic rings. The van der Waals surface area contributed by atoms with Gasteiger partial charge in [0.1, 0.15) is 5.76 Å². The number of aliphatic hydroxyl groups excluding tert-OH is 1. The first-order valence-electron chi connectivity index (χ1n) is 9.09. The Labute approximate surface area is 167 Å². The first kappa shape index (κ1) is 18.4. The molecule has 0 aliphatic carbocycles. The maximum atomic E-state index is 13.0. The van der Waals surface area contributed by atoms with E-state index in [2.05, 4.69) is 4.98 Å². The van der Waals surface area contributed by atoms with Crippen LogP contribution in [0.25, 0.3) is 6.08 Å². The third-order valence-electron chi connectivity index (χ3n) is 4.70. The van der Waals surface area contributed by atoms with Crippen molar-refractivity contribution >= 4 is 17.8 Å². The van der Waals surface area contributed by atoms with Gasteiger partial charge in [0.2, 0.25) is 0 Å². The Hall–Kier alpha value is -3.93. The standard InChI is InChI=1S/C23H18N2O4/c26-19(11-10-16-6-2-1-3-7-16)20-21(17-8-4-12-24-14-17)25(23(28)22(20)27)15-18-9-5-13-29-18/h1-14,21,27H,15H2. The molecule has 1 atom stereocenters. The fourth-order valence-corrected chi connectivity index (χ4v) is 3.35. The van der Waals surface area contributed by atoms with Crippen LogP contribution < -0.4 is 0 Å². The van der Waals surface area contributed by atoms with E-state index in [1.165, 1.54) is 17.2 Å². The van der Waals surface area contributed by atoms with Crippen molar-refractivity contribution in [2.75, 3.05) is 0 Å². The molecule has 3 aromatic rings. The van der Waals surface area contributed by atoms with E-state index in [0.29, 0.717) is 11.3 Å². The van der Waals surface area contributed by atoms with Crippen molar-refractivity contribution in [2.24, 2.45) is 0 Å². The summed E-state index contributed by atoms with van der Waals surface area (Å²) in [5.41, 5.74) is 1.50. The van der Waals surface area contributed by atoms with Crippen molar-refractivity contribution in [3.05, 3.63) is 108 Å². The molecule has 1 aliphatic heterocycles. The first-order chi connectivity index (χ1) is 14.1. The molecule has 0 fully saturated rings. The van der Waals surface area contributed by atoms with Gasteiger partial charge < -0.3 is 14.4 Å². The smallest absolute Gasteiger partial charge is 0.290 e. The van der Waals surface area contributed by atoms with Crippen LogP contribution in [0.3, 0.4) is 0 Å². The summed E-state index contributed by atoms with van der Waals surface area (Å²) in [6.07, 6.45) is 7.73. The average Bonchev–Trinajstić information content (AvgIpc) is 3.36. The molecule has 1 N–H and O–H groups in total. The van der Waals surface area contributed by atoms with Gasteiger partial charge in [-0.3, -0.25) is 14.6 Å². The van der Waals surface area contributed by atoms with Gasteiger partial charge in [-0.2, -0.15) is 0 Å². The van der Waals surface area contributed by atoms with Crippen LogP contribution in [0.2, 0.25) is 0 Å². The predicted octanol–water partition coefficient (Wildman–Crippen LogP) is 3.85. The highest BCUT2D eigenvalue weighted by Gasteiger charge is 2.43. The van der Waals surface area contributed by atoms with Crippen LogP contribution >= 0.6 is 0 Å². The summed E-state index contributed by atoms with van der Waals surface area (Å²) in [7, 11) is 0. The molecule has 3 heterocycles. The van der Waals surface area contributed by atoms with Crippen molar-refractivity contribution < 1.29 is 19.1 Å². The van der Waals surface area contributed by atoms with Crippen LogP contribution in [-0.4, -0.2) is 26.7 Å². The minimum atomic E-state index is -0.755. The summed E-state index contributed by atoms with van der Waals surface area (Å²) < 4.78 is 5.36. The summed E-state index contributed by atoms with van der Waals surface area (Å²) in [4.78, 5) is 31.3. The molecule has 1 unspecified atom stereocenters. The maximum absolute atomic E-state index is 13.0. The van der Waals surface area contributed by atoms with Gasteiger partial charge >= 0.3 is 0 Å². The molecule has 1 amide bonds. The van der Waals surface area contributed by atoms with Crippen molar-refractivity contribution in [2.45, 2.75) is 12.6 Å². The van der Waals surface area contributed by atoms with E-state index < -0.39 is 23.5 Å². The lowest BCUT2D eigenvalue weighted by molar-refractivity contribution is -0.130. The van der Waals surface area contributed by atoms with Crippen LogP contribution in [0, 0.1) is 0 Å². The summed E-state index contributed by atoms with van der Waals surface area (Å²) in [6, 6.07) is 15.5. The number of allylic oxidation sites excluding steroid dienone is 1. The Bertz CT molecular complexity index is 1070. The predicted molar refractivity (Wildman–Crippen MR) is 106 cm³/mol. The molecule has 0 spiro atoms. The fraction of sp³-hybridized carbons (Fsp3) is 0.0870. The number of aliphatic hydroxyl groups is 1. The molecule has 6 nitrogen and oxygen atoms in total. The summed E-state index contributed by atoms with van der Waals surface area (Å²) in [5.74, 6) is -1.05. The number of carbonyl (C=O) groups excluding carboxylic acids is 2. The Morgan fingerprint density at radius 3 is 2.66 bits per heavy atom. The van der Waals surface area contributed by atoms with Gasteiger partial charge in [-0.15, -0.1) is 0 Å². The van der Waals surface area contributed by atoms with Gasteiger partial charge in [0.05, 0.1) is 24.4 Å². The minimum absolute atomic E-state index is 0.0294. The third-order valence-corrected chi connectivity index (χ3v) is 4.70. The third kappa shape index (κ3) is 3.73. The molecule has 0 saturated heterocycles. The van der Waals surface area contributed by atoms with E-state index in [4.69, 9.17) is 4.42 Å². The minimum Gasteiger partial charge on any atom is -0.503 e. The number of ketones is 1. The quantitative estimate of drug-likeness (QED) is 0.651. The summed E-state index contributed by atoms with van der Waals surface area (Å²) >= 11 is 0. The average molecular weight is 386 g/mol. The fourth-order valence-electron chi connectivity index (χ4n) is 3.35. The van der Waals surface area contributed by atoms with Crippen molar-refractivity contribution in [1.82, 2.24) is 9.88 Å². The molecule has 144 valence electrons. The van der Waals surface area contributed by atoms with Crippen molar-refractivity contribution in [3.8, 4) is 0 Å². The zero-order valence-electron chi connectivity index (χ0n) is 15.4. The number of pyridine rings is 1. The molecular weight excluding hydrogens is 368 g/mol. The van der Waals surface area contributed by atoms with E-state index >= 15 is 0 Å². The van der Waals surface area contributed by atoms with Crippen LogP contribution in [-0.2, 0) is 16.1 Å². The van der Waals surface area contributed by atoms with Crippen molar-refractivity contribution in [3.63, 3.8) is 0 Å². The highest BCUT2D eigenvalue weighted by molar-refractivity contribution is 6.14. The van der Waals surface area contributed by atoms with Gasteiger partial charge in [-0.25, -0.2) is 0 Å². The van der Waals surface area contributed by atoms with E-state index in [9.17, 15) is 14.7 Å². The second-order valence-electron chi connectivity index (χ2n) is 6.57. The van der Waals surface area contributed by atoms with Crippen LogP contribution in [0.5, 0.6) is 0 Å². The first-order valence-corrected chi connectivity index (χ1v) is 9.09. The Kier molecular flexibility index (Phi) is 5.07. The number of furan rings is 1.